The standard InChI is InChI=1S/C25H28N2O4S/c1-6-31-24(30)22-21(16-10-8-7-9-11-16)20(32-23(22)26-15-27(4)5)12-17-18(28)13-25(2,3)14-19(17)29/h7-12,15H,6,13-14H2,1-5H3/p+1. The van der Waals surface area contributed by atoms with Gasteiger partial charge in [0.05, 0.1) is 26.3 Å². The highest BCUT2D eigenvalue weighted by atomic mass is 32.1. The predicted molar refractivity (Wildman–Crippen MR) is 129 cm³/mol. The van der Waals surface area contributed by atoms with Crippen LogP contribution in [0.4, 0.5) is 5.00 Å². The lowest BCUT2D eigenvalue weighted by Gasteiger charge is -2.28. The number of nitrogens with one attached hydrogen (secondary N) is 1. The first kappa shape index (κ1) is 23.6. The molecule has 1 saturated carbocycles. The van der Waals surface area contributed by atoms with E-state index in [0.717, 1.165) is 5.56 Å². The lowest BCUT2D eigenvalue weighted by molar-refractivity contribution is -0.459. The van der Waals surface area contributed by atoms with Crippen LogP contribution in [0, 0.1) is 5.41 Å². The number of rotatable bonds is 6. The maximum absolute atomic E-state index is 13.0. The first-order valence-corrected chi connectivity index (χ1v) is 11.4. The summed E-state index contributed by atoms with van der Waals surface area (Å²) < 4.78 is 7.18. The second-order valence-corrected chi connectivity index (χ2v) is 9.84. The summed E-state index contributed by atoms with van der Waals surface area (Å²) in [5, 5.41) is 3.77. The molecule has 1 fully saturated rings. The molecule has 0 unspecified atom stereocenters. The van der Waals surface area contributed by atoms with Gasteiger partial charge in [-0.15, -0.1) is 0 Å². The van der Waals surface area contributed by atoms with Crippen LogP contribution < -0.4 is 5.32 Å². The molecule has 7 heteroatoms. The van der Waals surface area contributed by atoms with Crippen LogP contribution in [0.3, 0.4) is 0 Å². The van der Waals surface area contributed by atoms with Crippen LogP contribution in [0.2, 0.25) is 0 Å². The van der Waals surface area contributed by atoms with E-state index in [0.29, 0.717) is 33.8 Å². The summed E-state index contributed by atoms with van der Waals surface area (Å²) in [6, 6.07) is 9.47. The number of Topliss-reactive ketones (excluding diaryl/α,β-unsaturated/α-hetero) is 2. The Morgan fingerprint density at radius 3 is 2.34 bits per heavy atom. The molecule has 1 aliphatic rings. The minimum Gasteiger partial charge on any atom is -0.462 e. The number of allylic oxidation sites excluding steroid dienone is 1. The Morgan fingerprint density at radius 2 is 1.78 bits per heavy atom. The van der Waals surface area contributed by atoms with Gasteiger partial charge < -0.3 is 4.74 Å². The Kier molecular flexibility index (Phi) is 7.09. The van der Waals surface area contributed by atoms with Crippen molar-refractivity contribution in [2.75, 3.05) is 26.0 Å². The molecule has 0 radical (unpaired) electrons. The van der Waals surface area contributed by atoms with Crippen molar-refractivity contribution in [3.05, 3.63) is 46.3 Å². The SMILES string of the molecule is CCOC(=O)c1c(NC=[N+](C)C)sc(C=C2C(=O)CC(C)(C)CC2=O)c1-c1ccccc1. The van der Waals surface area contributed by atoms with Crippen LogP contribution >= 0.6 is 11.3 Å². The number of carbonyl (C=O) groups is 3. The third-order valence-corrected chi connectivity index (χ3v) is 6.15. The van der Waals surface area contributed by atoms with E-state index in [9.17, 15) is 14.4 Å². The van der Waals surface area contributed by atoms with Gasteiger partial charge in [0.2, 0.25) is 6.34 Å². The summed E-state index contributed by atoms with van der Waals surface area (Å²) in [4.78, 5) is 39.3. The summed E-state index contributed by atoms with van der Waals surface area (Å²) in [5.74, 6) is -0.777. The number of hydrogen-bond acceptors (Lipinski definition) is 5. The fourth-order valence-electron chi connectivity index (χ4n) is 3.70. The predicted octanol–water partition coefficient (Wildman–Crippen LogP) is 4.65. The van der Waals surface area contributed by atoms with Gasteiger partial charge in [-0.05, 0) is 24.0 Å². The third-order valence-electron chi connectivity index (χ3n) is 5.09. The number of esters is 1. The molecule has 2 aromatic rings. The lowest BCUT2D eigenvalue weighted by atomic mass is 9.74. The van der Waals surface area contributed by atoms with Crippen LogP contribution in [0.15, 0.2) is 35.9 Å². The molecule has 168 valence electrons. The Labute approximate surface area is 192 Å². The molecule has 3 rings (SSSR count). The largest absolute Gasteiger partial charge is 0.462 e. The summed E-state index contributed by atoms with van der Waals surface area (Å²) in [6.45, 7) is 5.86. The molecule has 1 aromatic carbocycles. The highest BCUT2D eigenvalue weighted by molar-refractivity contribution is 7.18. The van der Waals surface area contributed by atoms with Gasteiger partial charge in [0.15, 0.2) is 16.6 Å². The van der Waals surface area contributed by atoms with Crippen LogP contribution in [0.1, 0.15) is 48.8 Å². The summed E-state index contributed by atoms with van der Waals surface area (Å²) in [7, 11) is 3.74. The molecule has 1 aliphatic carbocycles. The van der Waals surface area contributed by atoms with Crippen LogP contribution in [0.25, 0.3) is 17.2 Å². The number of ketones is 2. The van der Waals surface area contributed by atoms with Gasteiger partial charge in [0.25, 0.3) is 0 Å². The van der Waals surface area contributed by atoms with Crippen LogP contribution in [-0.4, -0.2) is 49.2 Å². The van der Waals surface area contributed by atoms with Crippen molar-refractivity contribution in [1.29, 1.82) is 0 Å². The average molecular weight is 454 g/mol. The molecule has 1 N–H and O–H groups in total. The summed E-state index contributed by atoms with van der Waals surface area (Å²) in [6.07, 6.45) is 4.03. The minimum atomic E-state index is -0.454. The van der Waals surface area contributed by atoms with Gasteiger partial charge in [0, 0.05) is 23.3 Å². The fourth-order valence-corrected chi connectivity index (χ4v) is 4.82. The second-order valence-electron chi connectivity index (χ2n) is 8.79. The van der Waals surface area contributed by atoms with Crippen molar-refractivity contribution in [3.63, 3.8) is 0 Å². The van der Waals surface area contributed by atoms with E-state index in [-0.39, 0.29) is 29.2 Å². The molecule has 32 heavy (non-hydrogen) atoms. The normalized spacial score (nSPS) is 15.3. The Balaban J connectivity index is 2.24. The molecule has 0 aliphatic heterocycles. The minimum absolute atomic E-state index is 0.161. The molecule has 0 bridgehead atoms. The van der Waals surface area contributed by atoms with E-state index < -0.39 is 5.97 Å². The van der Waals surface area contributed by atoms with Crippen molar-refractivity contribution < 1.29 is 23.7 Å². The highest BCUT2D eigenvalue weighted by Gasteiger charge is 2.36. The number of hydrogen-bond donors (Lipinski definition) is 1. The van der Waals surface area contributed by atoms with E-state index >= 15 is 0 Å². The van der Waals surface area contributed by atoms with Gasteiger partial charge in [-0.2, -0.15) is 0 Å². The number of thiophene rings is 1. The Hall–Kier alpha value is -3.06. The zero-order valence-electron chi connectivity index (χ0n) is 19.2. The van der Waals surface area contributed by atoms with Crippen molar-refractivity contribution >= 4 is 46.3 Å². The fraction of sp³-hybridized carbons (Fsp3) is 0.360. The van der Waals surface area contributed by atoms with Crippen molar-refractivity contribution in [3.8, 4) is 11.1 Å². The number of nitrogens with zero attached hydrogens (tertiary/aromatic N) is 1. The van der Waals surface area contributed by atoms with Crippen LogP contribution in [-0.2, 0) is 14.3 Å². The van der Waals surface area contributed by atoms with Crippen molar-refractivity contribution in [1.82, 2.24) is 0 Å². The number of anilines is 1. The zero-order valence-corrected chi connectivity index (χ0v) is 20.0. The van der Waals surface area contributed by atoms with E-state index in [1.165, 1.54) is 11.3 Å². The lowest BCUT2D eigenvalue weighted by Crippen LogP contribution is -2.31. The van der Waals surface area contributed by atoms with Crippen LogP contribution in [0.5, 0.6) is 0 Å². The molecular formula is C25H29N2O4S+. The smallest absolute Gasteiger partial charge is 0.344 e. The molecule has 0 amide bonds. The molecule has 6 nitrogen and oxygen atoms in total. The Bertz CT molecular complexity index is 1080. The summed E-state index contributed by atoms with van der Waals surface area (Å²) >= 11 is 1.32. The molecule has 0 atom stereocenters. The molecular weight excluding hydrogens is 424 g/mol. The van der Waals surface area contributed by atoms with E-state index in [1.54, 1.807) is 19.3 Å². The number of carbonyl (C=O) groups excluding carboxylic acids is 3. The first-order valence-electron chi connectivity index (χ1n) is 10.6. The zero-order chi connectivity index (χ0) is 23.5. The van der Waals surface area contributed by atoms with Gasteiger partial charge in [-0.1, -0.05) is 55.5 Å². The Morgan fingerprint density at radius 1 is 1.16 bits per heavy atom. The van der Waals surface area contributed by atoms with Gasteiger partial charge >= 0.3 is 5.97 Å². The number of benzene rings is 1. The second kappa shape index (κ2) is 9.61. The van der Waals surface area contributed by atoms with E-state index in [4.69, 9.17) is 4.74 Å². The molecule has 0 spiro atoms. The van der Waals surface area contributed by atoms with E-state index in [1.807, 2.05) is 62.9 Å². The molecule has 1 heterocycles. The van der Waals surface area contributed by atoms with Gasteiger partial charge in [-0.3, -0.25) is 14.2 Å². The van der Waals surface area contributed by atoms with Gasteiger partial charge in [-0.25, -0.2) is 10.1 Å². The first-order chi connectivity index (χ1) is 15.1. The topological polar surface area (TPSA) is 75.5 Å². The maximum Gasteiger partial charge on any atom is 0.344 e. The number of ether oxygens (including phenoxy) is 1. The summed E-state index contributed by atoms with van der Waals surface area (Å²) in [5.41, 5.74) is 1.71. The quantitative estimate of drug-likeness (QED) is 0.172. The van der Waals surface area contributed by atoms with Crippen molar-refractivity contribution in [2.24, 2.45) is 5.41 Å². The maximum atomic E-state index is 13.0. The van der Waals surface area contributed by atoms with Crippen molar-refractivity contribution in [2.45, 2.75) is 33.6 Å². The van der Waals surface area contributed by atoms with Gasteiger partial charge in [0.1, 0.15) is 5.56 Å². The monoisotopic (exact) mass is 453 g/mol. The average Bonchev–Trinajstić information content (AvgIpc) is 3.07. The molecule has 1 aromatic heterocycles. The van der Waals surface area contributed by atoms with E-state index in [2.05, 4.69) is 5.32 Å². The third kappa shape index (κ3) is 5.22. The highest BCUT2D eigenvalue weighted by Crippen LogP contribution is 2.43. The molecule has 0 saturated heterocycles.